The highest BCUT2D eigenvalue weighted by Gasteiger charge is 2.28. The lowest BCUT2D eigenvalue weighted by molar-refractivity contribution is -0.139. The van der Waals surface area contributed by atoms with Crippen molar-refractivity contribution < 1.29 is 22.7 Å². The van der Waals surface area contributed by atoms with E-state index in [2.05, 4.69) is 20.1 Å². The van der Waals surface area contributed by atoms with Crippen LogP contribution in [0.15, 0.2) is 29.2 Å². The third kappa shape index (κ3) is 4.53. The minimum absolute atomic E-state index is 0.0397. The second kappa shape index (κ2) is 7.73. The lowest BCUT2D eigenvalue weighted by atomic mass is 9.88. The molecular weight excluding hydrogens is 334 g/mol. The molecule has 9 heteroatoms. The zero-order valence-corrected chi connectivity index (χ0v) is 14.4. The highest BCUT2D eigenvalue weighted by Crippen LogP contribution is 2.20. The number of hydrogen-bond donors (Lipinski definition) is 3. The highest BCUT2D eigenvalue weighted by atomic mass is 32.2. The molecule has 0 bridgehead atoms. The number of rotatable bonds is 7. The van der Waals surface area contributed by atoms with Gasteiger partial charge in [0.15, 0.2) is 0 Å². The van der Waals surface area contributed by atoms with Gasteiger partial charge >= 0.3 is 5.97 Å². The Kier molecular flexibility index (Phi) is 5.92. The molecule has 132 valence electrons. The molecule has 0 radical (unpaired) electrons. The van der Waals surface area contributed by atoms with Crippen molar-refractivity contribution >= 4 is 27.6 Å². The number of methoxy groups -OCH3 is 1. The van der Waals surface area contributed by atoms with Crippen LogP contribution >= 0.6 is 0 Å². The summed E-state index contributed by atoms with van der Waals surface area (Å²) in [6.07, 6.45) is 0. The number of esters is 1. The van der Waals surface area contributed by atoms with Gasteiger partial charge in [-0.2, -0.15) is 4.72 Å². The Morgan fingerprint density at radius 2 is 2.08 bits per heavy atom. The van der Waals surface area contributed by atoms with Crippen molar-refractivity contribution in [2.45, 2.75) is 11.8 Å². The Morgan fingerprint density at radius 3 is 2.67 bits per heavy atom. The second-order valence-electron chi connectivity index (χ2n) is 5.62. The highest BCUT2D eigenvalue weighted by molar-refractivity contribution is 7.89. The number of carbonyl (C=O) groups is 2. The summed E-state index contributed by atoms with van der Waals surface area (Å²) in [5, 5.41) is 5.84. The normalized spacial score (nSPS) is 16.1. The van der Waals surface area contributed by atoms with Crippen LogP contribution in [0.25, 0.3) is 0 Å². The van der Waals surface area contributed by atoms with Gasteiger partial charge in [-0.1, -0.05) is 13.0 Å². The fourth-order valence-corrected chi connectivity index (χ4v) is 3.20. The summed E-state index contributed by atoms with van der Waals surface area (Å²) in [6.45, 7) is 3.00. The van der Waals surface area contributed by atoms with Gasteiger partial charge in [0.05, 0.1) is 12.0 Å². The summed E-state index contributed by atoms with van der Waals surface area (Å²) in [6, 6.07) is 5.87. The van der Waals surface area contributed by atoms with E-state index in [9.17, 15) is 18.0 Å². The molecule has 24 heavy (non-hydrogen) atoms. The van der Waals surface area contributed by atoms with Crippen molar-refractivity contribution in [2.75, 3.05) is 32.1 Å². The Balaban J connectivity index is 2.04. The maximum atomic E-state index is 12.2. The zero-order valence-electron chi connectivity index (χ0n) is 13.5. The molecule has 1 amide bonds. The van der Waals surface area contributed by atoms with Crippen molar-refractivity contribution in [1.82, 2.24) is 10.0 Å². The summed E-state index contributed by atoms with van der Waals surface area (Å²) < 4.78 is 30.8. The van der Waals surface area contributed by atoms with Crippen molar-refractivity contribution in [3.05, 3.63) is 24.3 Å². The van der Waals surface area contributed by atoms with Crippen LogP contribution in [0, 0.1) is 11.8 Å². The number of anilines is 1. The molecule has 1 aliphatic heterocycles. The minimum atomic E-state index is -3.87. The number of ether oxygens (including phenoxy) is 1. The average Bonchev–Trinajstić information content (AvgIpc) is 2.51. The first-order valence-electron chi connectivity index (χ1n) is 7.51. The first-order valence-corrected chi connectivity index (χ1v) is 9.00. The summed E-state index contributed by atoms with van der Waals surface area (Å²) in [4.78, 5) is 23.2. The Hall–Kier alpha value is -1.97. The predicted octanol–water partition coefficient (Wildman–Crippen LogP) is -0.0681. The molecule has 1 aromatic carbocycles. The standard InChI is InChI=1S/C15H21N3O5S/c1-10(11-7-16-8-11)15(20)18-12-4-3-5-13(6-12)24(21,22)17-9-14(19)23-2/h3-6,10-11,16-17H,7-9H2,1-2H3,(H,18,20). The molecule has 1 saturated heterocycles. The van der Waals surface area contributed by atoms with E-state index in [0.29, 0.717) is 11.6 Å². The number of amides is 1. The quantitative estimate of drug-likeness (QED) is 0.590. The molecule has 1 aromatic rings. The molecular formula is C15H21N3O5S. The third-order valence-corrected chi connectivity index (χ3v) is 5.38. The molecule has 1 fully saturated rings. The van der Waals surface area contributed by atoms with Crippen LogP contribution in [0.3, 0.4) is 0 Å². The summed E-state index contributed by atoms with van der Waals surface area (Å²) in [7, 11) is -2.69. The molecule has 1 atom stereocenters. The number of benzene rings is 1. The van der Waals surface area contributed by atoms with E-state index in [1.807, 2.05) is 6.92 Å². The molecule has 0 aliphatic carbocycles. The second-order valence-corrected chi connectivity index (χ2v) is 7.39. The van der Waals surface area contributed by atoms with Crippen LogP contribution in [0.5, 0.6) is 0 Å². The van der Waals surface area contributed by atoms with Crippen LogP contribution < -0.4 is 15.4 Å². The van der Waals surface area contributed by atoms with Gasteiger partial charge < -0.3 is 15.4 Å². The monoisotopic (exact) mass is 355 g/mol. The van der Waals surface area contributed by atoms with E-state index in [4.69, 9.17) is 0 Å². The van der Waals surface area contributed by atoms with Crippen molar-refractivity contribution in [1.29, 1.82) is 0 Å². The van der Waals surface area contributed by atoms with Gasteiger partial charge in [0.1, 0.15) is 6.54 Å². The minimum Gasteiger partial charge on any atom is -0.468 e. The lowest BCUT2D eigenvalue weighted by Crippen LogP contribution is -2.48. The Labute approximate surface area is 141 Å². The molecule has 1 unspecified atom stereocenters. The Morgan fingerprint density at radius 1 is 1.38 bits per heavy atom. The van der Waals surface area contributed by atoms with Crippen LogP contribution in [0.2, 0.25) is 0 Å². The maximum Gasteiger partial charge on any atom is 0.320 e. The van der Waals surface area contributed by atoms with Gasteiger partial charge in [-0.15, -0.1) is 0 Å². The number of nitrogens with one attached hydrogen (secondary N) is 3. The molecule has 8 nitrogen and oxygen atoms in total. The zero-order chi connectivity index (χ0) is 17.7. The molecule has 0 aromatic heterocycles. The number of hydrogen-bond acceptors (Lipinski definition) is 6. The maximum absolute atomic E-state index is 12.2. The molecule has 1 heterocycles. The fraction of sp³-hybridized carbons (Fsp3) is 0.467. The van der Waals surface area contributed by atoms with Crippen molar-refractivity contribution in [3.8, 4) is 0 Å². The van der Waals surface area contributed by atoms with E-state index in [1.165, 1.54) is 25.3 Å². The summed E-state index contributed by atoms with van der Waals surface area (Å²) in [5.41, 5.74) is 0.389. The first kappa shape index (κ1) is 18.4. The van der Waals surface area contributed by atoms with Gasteiger partial charge in [-0.25, -0.2) is 8.42 Å². The summed E-state index contributed by atoms with van der Waals surface area (Å²) >= 11 is 0. The number of sulfonamides is 1. The van der Waals surface area contributed by atoms with Crippen molar-refractivity contribution in [2.24, 2.45) is 11.8 Å². The average molecular weight is 355 g/mol. The summed E-state index contributed by atoms with van der Waals surface area (Å²) in [5.74, 6) is -0.716. The lowest BCUT2D eigenvalue weighted by Gasteiger charge is -2.31. The van der Waals surface area contributed by atoms with E-state index in [1.54, 1.807) is 6.07 Å². The Bertz CT molecular complexity index is 716. The largest absolute Gasteiger partial charge is 0.468 e. The smallest absolute Gasteiger partial charge is 0.320 e. The van der Waals surface area contributed by atoms with Gasteiger partial charge in [-0.3, -0.25) is 9.59 Å². The fourth-order valence-electron chi connectivity index (χ4n) is 2.19. The number of carbonyl (C=O) groups excluding carboxylic acids is 2. The van der Waals surface area contributed by atoms with Crippen LogP contribution in [-0.4, -0.2) is 47.0 Å². The molecule has 2 rings (SSSR count). The molecule has 1 aliphatic rings. The van der Waals surface area contributed by atoms with Crippen molar-refractivity contribution in [3.63, 3.8) is 0 Å². The third-order valence-electron chi connectivity index (χ3n) is 3.98. The van der Waals surface area contributed by atoms with Gasteiger partial charge in [-0.05, 0) is 37.2 Å². The first-order chi connectivity index (χ1) is 11.3. The van der Waals surface area contributed by atoms with Gasteiger partial charge in [0, 0.05) is 11.6 Å². The molecule has 0 spiro atoms. The predicted molar refractivity (Wildman–Crippen MR) is 87.8 cm³/mol. The molecule has 0 saturated carbocycles. The topological polar surface area (TPSA) is 114 Å². The van der Waals surface area contributed by atoms with E-state index >= 15 is 0 Å². The SMILES string of the molecule is COC(=O)CNS(=O)(=O)c1cccc(NC(=O)C(C)C2CNC2)c1. The van der Waals surface area contributed by atoms with E-state index < -0.39 is 22.5 Å². The van der Waals surface area contributed by atoms with Crippen LogP contribution in [-0.2, 0) is 24.3 Å². The van der Waals surface area contributed by atoms with E-state index in [-0.39, 0.29) is 16.7 Å². The molecule has 3 N–H and O–H groups in total. The van der Waals surface area contributed by atoms with Gasteiger partial charge in [0.2, 0.25) is 15.9 Å². The van der Waals surface area contributed by atoms with Crippen LogP contribution in [0.1, 0.15) is 6.92 Å². The van der Waals surface area contributed by atoms with Gasteiger partial charge in [0.25, 0.3) is 0 Å². The van der Waals surface area contributed by atoms with Crippen LogP contribution in [0.4, 0.5) is 5.69 Å². The van der Waals surface area contributed by atoms with E-state index in [0.717, 1.165) is 13.1 Å².